The van der Waals surface area contributed by atoms with Crippen molar-refractivity contribution in [3.63, 3.8) is 0 Å². The Hall–Kier alpha value is -3.19. The maximum absolute atomic E-state index is 12.5. The molecular formula is C25H25N3O3S. The Morgan fingerprint density at radius 3 is 2.69 bits per heavy atom. The first kappa shape index (κ1) is 20.7. The van der Waals surface area contributed by atoms with Crippen LogP contribution in [0.15, 0.2) is 87.3 Å². The Bertz CT molecular complexity index is 1290. The molecule has 7 heteroatoms. The zero-order chi connectivity index (χ0) is 22.3. The van der Waals surface area contributed by atoms with Crippen molar-refractivity contribution in [3.8, 4) is 5.75 Å². The second kappa shape index (κ2) is 7.74. The molecule has 5 rings (SSSR count). The fourth-order valence-electron chi connectivity index (χ4n) is 4.46. The molecule has 0 saturated carbocycles. The number of ether oxygens (including phenoxy) is 1. The van der Waals surface area contributed by atoms with Crippen molar-refractivity contribution in [1.82, 2.24) is 4.90 Å². The van der Waals surface area contributed by atoms with Crippen molar-refractivity contribution < 1.29 is 13.2 Å². The lowest BCUT2D eigenvalue weighted by Gasteiger charge is -2.38. The molecule has 0 amide bonds. The van der Waals surface area contributed by atoms with Crippen LogP contribution in [-0.2, 0) is 9.84 Å². The van der Waals surface area contributed by atoms with E-state index in [9.17, 15) is 8.42 Å². The van der Waals surface area contributed by atoms with Crippen molar-refractivity contribution in [2.24, 2.45) is 15.4 Å². The van der Waals surface area contributed by atoms with Gasteiger partial charge in [-0.2, -0.15) is 0 Å². The maximum atomic E-state index is 12.5. The van der Waals surface area contributed by atoms with Crippen molar-refractivity contribution in [1.29, 1.82) is 0 Å². The van der Waals surface area contributed by atoms with Crippen LogP contribution in [0, 0.1) is 5.41 Å². The highest BCUT2D eigenvalue weighted by molar-refractivity contribution is 7.91. The van der Waals surface area contributed by atoms with Gasteiger partial charge >= 0.3 is 0 Å². The normalized spacial score (nSPS) is 22.2. The molecular weight excluding hydrogens is 422 g/mol. The lowest BCUT2D eigenvalue weighted by molar-refractivity contribution is 0.403. The number of rotatable bonds is 4. The molecule has 164 valence electrons. The van der Waals surface area contributed by atoms with Crippen LogP contribution in [0.4, 0.5) is 0 Å². The average molecular weight is 448 g/mol. The topological polar surface area (TPSA) is 71.3 Å². The van der Waals surface area contributed by atoms with Gasteiger partial charge in [-0.1, -0.05) is 43.3 Å². The Labute approximate surface area is 188 Å². The highest BCUT2D eigenvalue weighted by Gasteiger charge is 2.48. The van der Waals surface area contributed by atoms with Gasteiger partial charge in [0.1, 0.15) is 11.6 Å². The standard InChI is InChI=1S/C25H25N3O3S/c1-3-32(29,30)20-11-7-8-18(16-20)23-21-17-28(2)15-14-25(21)13-12-22(26-24(25)27-23)31-19-9-5-4-6-10-19/h4-11,14-16H,3,12-13,17H2,1-2H3. The van der Waals surface area contributed by atoms with Gasteiger partial charge in [0.25, 0.3) is 0 Å². The third-order valence-corrected chi connectivity index (χ3v) is 7.98. The van der Waals surface area contributed by atoms with E-state index >= 15 is 0 Å². The summed E-state index contributed by atoms with van der Waals surface area (Å²) >= 11 is 0. The summed E-state index contributed by atoms with van der Waals surface area (Å²) < 4.78 is 30.9. The first-order valence-corrected chi connectivity index (χ1v) is 12.4. The Balaban J connectivity index is 1.59. The molecule has 32 heavy (non-hydrogen) atoms. The number of hydrogen-bond donors (Lipinski definition) is 0. The van der Waals surface area contributed by atoms with E-state index in [2.05, 4.69) is 17.2 Å². The lowest BCUT2D eigenvalue weighted by atomic mass is 9.72. The first-order chi connectivity index (χ1) is 15.4. The van der Waals surface area contributed by atoms with Gasteiger partial charge in [-0.25, -0.2) is 18.4 Å². The molecule has 2 aromatic carbocycles. The van der Waals surface area contributed by atoms with E-state index in [1.807, 2.05) is 43.4 Å². The van der Waals surface area contributed by atoms with Gasteiger partial charge in [-0.15, -0.1) is 0 Å². The predicted octanol–water partition coefficient (Wildman–Crippen LogP) is 4.32. The molecule has 1 unspecified atom stereocenters. The number of para-hydroxylation sites is 1. The van der Waals surface area contributed by atoms with E-state index in [0.29, 0.717) is 29.6 Å². The van der Waals surface area contributed by atoms with Gasteiger partial charge < -0.3 is 9.64 Å². The van der Waals surface area contributed by atoms with E-state index < -0.39 is 9.84 Å². The lowest BCUT2D eigenvalue weighted by Crippen LogP contribution is -2.40. The van der Waals surface area contributed by atoms with Crippen molar-refractivity contribution >= 4 is 27.3 Å². The first-order valence-electron chi connectivity index (χ1n) is 10.8. The van der Waals surface area contributed by atoms with Crippen LogP contribution >= 0.6 is 0 Å². The van der Waals surface area contributed by atoms with E-state index in [1.165, 1.54) is 0 Å². The van der Waals surface area contributed by atoms with Gasteiger partial charge in [0.15, 0.2) is 15.7 Å². The van der Waals surface area contributed by atoms with Crippen LogP contribution < -0.4 is 4.74 Å². The maximum Gasteiger partial charge on any atom is 0.196 e. The fraction of sp³-hybridized carbons (Fsp3) is 0.280. The van der Waals surface area contributed by atoms with Crippen LogP contribution in [0.3, 0.4) is 0 Å². The molecule has 3 aliphatic rings. The zero-order valence-corrected chi connectivity index (χ0v) is 19.0. The largest absolute Gasteiger partial charge is 0.443 e. The van der Waals surface area contributed by atoms with E-state index in [-0.39, 0.29) is 11.2 Å². The highest BCUT2D eigenvalue weighted by atomic mass is 32.2. The molecule has 0 radical (unpaired) electrons. The van der Waals surface area contributed by atoms with E-state index in [1.54, 1.807) is 25.1 Å². The fourth-order valence-corrected chi connectivity index (χ4v) is 5.38. The molecule has 6 nitrogen and oxygen atoms in total. The summed E-state index contributed by atoms with van der Waals surface area (Å²) in [6.45, 7) is 2.38. The number of likely N-dealkylation sites (N-methyl/N-ethyl adjacent to an activating group) is 1. The number of nitrogens with zero attached hydrogens (tertiary/aromatic N) is 3. The minimum atomic E-state index is -3.30. The molecule has 0 bridgehead atoms. The summed E-state index contributed by atoms with van der Waals surface area (Å²) in [5.41, 5.74) is 2.41. The molecule has 1 spiro atoms. The van der Waals surface area contributed by atoms with Crippen molar-refractivity contribution in [2.75, 3.05) is 19.3 Å². The smallest absolute Gasteiger partial charge is 0.196 e. The molecule has 0 N–H and O–H groups in total. The summed E-state index contributed by atoms with van der Waals surface area (Å²) in [4.78, 5) is 12.2. The second-order valence-corrected chi connectivity index (χ2v) is 10.6. The van der Waals surface area contributed by atoms with Gasteiger partial charge in [0.05, 0.1) is 21.8 Å². The van der Waals surface area contributed by atoms with Crippen LogP contribution in [0.2, 0.25) is 0 Å². The van der Waals surface area contributed by atoms with Gasteiger partial charge in [0.2, 0.25) is 0 Å². The number of hydrogen-bond acceptors (Lipinski definition) is 6. The van der Waals surface area contributed by atoms with Crippen LogP contribution in [0.25, 0.3) is 5.70 Å². The zero-order valence-electron chi connectivity index (χ0n) is 18.2. The Morgan fingerprint density at radius 2 is 1.91 bits per heavy atom. The number of benzene rings is 2. The number of aliphatic imine (C=N–C) groups is 2. The summed E-state index contributed by atoms with van der Waals surface area (Å²) in [7, 11) is -1.28. The Morgan fingerprint density at radius 1 is 1.09 bits per heavy atom. The quantitative estimate of drug-likeness (QED) is 0.700. The summed E-state index contributed by atoms with van der Waals surface area (Å²) in [6, 6.07) is 16.7. The van der Waals surface area contributed by atoms with Gasteiger partial charge in [0, 0.05) is 25.6 Å². The molecule has 0 fully saturated rings. The molecule has 0 aliphatic carbocycles. The van der Waals surface area contributed by atoms with Gasteiger partial charge in [-0.3, -0.25) is 0 Å². The second-order valence-electron chi connectivity index (χ2n) is 8.32. The van der Waals surface area contributed by atoms with Crippen molar-refractivity contribution in [3.05, 3.63) is 78.0 Å². The van der Waals surface area contributed by atoms with Crippen molar-refractivity contribution in [2.45, 2.75) is 24.7 Å². The molecule has 0 saturated heterocycles. The summed E-state index contributed by atoms with van der Waals surface area (Å²) in [5, 5.41) is 0. The van der Waals surface area contributed by atoms with Crippen LogP contribution in [-0.4, -0.2) is 44.4 Å². The minimum absolute atomic E-state index is 0.0662. The van der Waals surface area contributed by atoms with Crippen LogP contribution in [0.1, 0.15) is 25.3 Å². The number of amidine groups is 1. The van der Waals surface area contributed by atoms with Gasteiger partial charge in [-0.05, 0) is 42.5 Å². The molecule has 3 aliphatic heterocycles. The molecule has 0 aromatic heterocycles. The molecule has 1 atom stereocenters. The third kappa shape index (κ3) is 3.46. The average Bonchev–Trinajstić information content (AvgIpc) is 3.14. The Kier molecular flexibility index (Phi) is 5.01. The van der Waals surface area contributed by atoms with E-state index in [0.717, 1.165) is 29.0 Å². The predicted molar refractivity (Wildman–Crippen MR) is 126 cm³/mol. The van der Waals surface area contributed by atoms with Crippen LogP contribution in [0.5, 0.6) is 5.75 Å². The summed E-state index contributed by atoms with van der Waals surface area (Å²) in [5.74, 6) is 2.19. The monoisotopic (exact) mass is 447 g/mol. The molecule has 3 heterocycles. The third-order valence-electron chi connectivity index (χ3n) is 6.25. The number of sulfone groups is 1. The summed E-state index contributed by atoms with van der Waals surface area (Å²) in [6.07, 6.45) is 5.77. The highest BCUT2D eigenvalue weighted by Crippen LogP contribution is 2.50. The molecule has 2 aromatic rings. The van der Waals surface area contributed by atoms with E-state index in [4.69, 9.17) is 14.7 Å². The SMILES string of the molecule is CCS(=O)(=O)c1cccc(C2=C3CN(C)C=CC34CCC(Oc3ccccc3)=NC4=N2)c1. The minimum Gasteiger partial charge on any atom is -0.443 e.